The summed E-state index contributed by atoms with van der Waals surface area (Å²) in [7, 11) is 0. The lowest BCUT2D eigenvalue weighted by Crippen LogP contribution is -2.25. The number of ether oxygens (including phenoxy) is 1. The minimum Gasteiger partial charge on any atom is -0.376 e. The van der Waals surface area contributed by atoms with Gasteiger partial charge >= 0.3 is 6.18 Å². The fourth-order valence-electron chi connectivity index (χ4n) is 1.90. The van der Waals surface area contributed by atoms with E-state index >= 15 is 0 Å². The molecule has 0 aromatic carbocycles. The summed E-state index contributed by atoms with van der Waals surface area (Å²) in [6, 6.07) is 0. The van der Waals surface area contributed by atoms with Crippen LogP contribution in [-0.2, 0) is 11.3 Å². The molecule has 0 bridgehead atoms. The zero-order valence-electron chi connectivity index (χ0n) is 9.61. The zero-order valence-corrected chi connectivity index (χ0v) is 9.61. The minimum absolute atomic E-state index is 0.0347. The Morgan fingerprint density at radius 3 is 2.89 bits per heavy atom. The fraction of sp³-hybridized carbons (Fsp3) is 0.636. The van der Waals surface area contributed by atoms with Crippen molar-refractivity contribution < 1.29 is 22.7 Å². The van der Waals surface area contributed by atoms with Gasteiger partial charge in [-0.3, -0.25) is 9.48 Å². The number of carbonyl (C=O) groups is 1. The van der Waals surface area contributed by atoms with Crippen LogP contribution in [0.3, 0.4) is 0 Å². The van der Waals surface area contributed by atoms with E-state index in [0.717, 1.165) is 31.7 Å². The number of Topliss-reactive ketones (excluding diaryl/α,β-unsaturated/α-hetero) is 1. The summed E-state index contributed by atoms with van der Waals surface area (Å²) in [6.45, 7) is 1.05. The van der Waals surface area contributed by atoms with Gasteiger partial charge in [0.2, 0.25) is 0 Å². The van der Waals surface area contributed by atoms with Crippen molar-refractivity contribution in [3.8, 4) is 0 Å². The SMILES string of the molecule is O=C(c1cnn(C[C@H]2CCCCO2)c1)C(F)(F)F. The van der Waals surface area contributed by atoms with Gasteiger partial charge in [0.05, 0.1) is 24.4 Å². The number of halogens is 3. The molecular weight excluding hydrogens is 249 g/mol. The van der Waals surface area contributed by atoms with Crippen LogP contribution in [0.25, 0.3) is 0 Å². The highest BCUT2D eigenvalue weighted by Gasteiger charge is 2.40. The molecule has 1 aromatic heterocycles. The molecule has 1 aromatic rings. The van der Waals surface area contributed by atoms with Crippen molar-refractivity contribution in [2.24, 2.45) is 0 Å². The second-order valence-corrected chi connectivity index (χ2v) is 4.27. The molecule has 18 heavy (non-hydrogen) atoms. The predicted octanol–water partition coefficient (Wildman–Crippen LogP) is 2.20. The third kappa shape index (κ3) is 3.10. The quantitative estimate of drug-likeness (QED) is 0.784. The van der Waals surface area contributed by atoms with Gasteiger partial charge in [-0.2, -0.15) is 18.3 Å². The average molecular weight is 262 g/mol. The fourth-order valence-corrected chi connectivity index (χ4v) is 1.90. The number of hydrogen-bond donors (Lipinski definition) is 0. The molecule has 1 atom stereocenters. The minimum atomic E-state index is -4.85. The van der Waals surface area contributed by atoms with Crippen molar-refractivity contribution in [3.63, 3.8) is 0 Å². The summed E-state index contributed by atoms with van der Waals surface area (Å²) < 4.78 is 43.4. The first-order chi connectivity index (χ1) is 8.47. The summed E-state index contributed by atoms with van der Waals surface area (Å²) in [4.78, 5) is 11.0. The van der Waals surface area contributed by atoms with Crippen LogP contribution in [0.5, 0.6) is 0 Å². The van der Waals surface area contributed by atoms with Gasteiger partial charge in [0.25, 0.3) is 5.78 Å². The number of nitrogens with zero attached hydrogens (tertiary/aromatic N) is 2. The van der Waals surface area contributed by atoms with Crippen molar-refractivity contribution in [2.75, 3.05) is 6.61 Å². The summed E-state index contributed by atoms with van der Waals surface area (Å²) in [5, 5.41) is 3.76. The van der Waals surface area contributed by atoms with E-state index in [-0.39, 0.29) is 6.10 Å². The van der Waals surface area contributed by atoms with E-state index in [4.69, 9.17) is 4.74 Å². The Kier molecular flexibility index (Phi) is 3.70. The molecule has 1 aliphatic rings. The summed E-state index contributed by atoms with van der Waals surface area (Å²) in [6.07, 6.45) is 0.0880. The third-order valence-corrected chi connectivity index (χ3v) is 2.82. The molecular formula is C11H13F3N2O2. The normalized spacial score (nSPS) is 20.9. The van der Waals surface area contributed by atoms with Crippen LogP contribution in [0.2, 0.25) is 0 Å². The van der Waals surface area contributed by atoms with Gasteiger partial charge in [0.15, 0.2) is 0 Å². The van der Waals surface area contributed by atoms with Crippen LogP contribution in [0, 0.1) is 0 Å². The van der Waals surface area contributed by atoms with Gasteiger partial charge < -0.3 is 4.74 Å². The maximum Gasteiger partial charge on any atom is 0.454 e. The van der Waals surface area contributed by atoms with Crippen LogP contribution in [0.4, 0.5) is 13.2 Å². The largest absolute Gasteiger partial charge is 0.454 e. The highest BCUT2D eigenvalue weighted by atomic mass is 19.4. The molecule has 0 aliphatic carbocycles. The second-order valence-electron chi connectivity index (χ2n) is 4.27. The first-order valence-corrected chi connectivity index (χ1v) is 5.72. The van der Waals surface area contributed by atoms with Crippen LogP contribution in [-0.4, -0.2) is 34.5 Å². The molecule has 1 saturated heterocycles. The Morgan fingerprint density at radius 1 is 1.50 bits per heavy atom. The van der Waals surface area contributed by atoms with Crippen molar-refractivity contribution in [3.05, 3.63) is 18.0 Å². The molecule has 0 spiro atoms. The Hall–Kier alpha value is -1.37. The summed E-state index contributed by atoms with van der Waals surface area (Å²) >= 11 is 0. The first-order valence-electron chi connectivity index (χ1n) is 5.72. The Balaban J connectivity index is 1.99. The zero-order chi connectivity index (χ0) is 13.2. The molecule has 0 saturated carbocycles. The van der Waals surface area contributed by atoms with E-state index in [1.807, 2.05) is 0 Å². The number of aromatic nitrogens is 2. The lowest BCUT2D eigenvalue weighted by Gasteiger charge is -2.22. The third-order valence-electron chi connectivity index (χ3n) is 2.82. The number of carbonyl (C=O) groups excluding carboxylic acids is 1. The molecule has 0 unspecified atom stereocenters. The van der Waals surface area contributed by atoms with E-state index in [1.54, 1.807) is 0 Å². The standard InChI is InChI=1S/C11H13F3N2O2/c12-11(13,14)10(17)8-5-15-16(6-8)7-9-3-1-2-4-18-9/h5-6,9H,1-4,7H2/t9-/m1/s1. The van der Waals surface area contributed by atoms with Crippen LogP contribution in [0.1, 0.15) is 29.6 Å². The molecule has 4 nitrogen and oxygen atoms in total. The molecule has 100 valence electrons. The monoisotopic (exact) mass is 262 g/mol. The van der Waals surface area contributed by atoms with Gasteiger partial charge in [-0.1, -0.05) is 0 Å². The molecule has 1 fully saturated rings. The van der Waals surface area contributed by atoms with E-state index in [2.05, 4.69) is 5.10 Å². The van der Waals surface area contributed by atoms with E-state index in [1.165, 1.54) is 4.68 Å². The summed E-state index contributed by atoms with van der Waals surface area (Å²) in [5.41, 5.74) is -0.432. The van der Waals surface area contributed by atoms with Gasteiger partial charge in [-0.25, -0.2) is 0 Å². The topological polar surface area (TPSA) is 44.1 Å². The van der Waals surface area contributed by atoms with Crippen molar-refractivity contribution >= 4 is 5.78 Å². The molecule has 7 heteroatoms. The van der Waals surface area contributed by atoms with E-state index < -0.39 is 17.5 Å². The lowest BCUT2D eigenvalue weighted by atomic mass is 10.1. The summed E-state index contributed by atoms with van der Waals surface area (Å²) in [5.74, 6) is -1.86. The second kappa shape index (κ2) is 5.09. The van der Waals surface area contributed by atoms with Gasteiger partial charge in [-0.05, 0) is 19.3 Å². The van der Waals surface area contributed by atoms with E-state index in [9.17, 15) is 18.0 Å². The number of hydrogen-bond acceptors (Lipinski definition) is 3. The van der Waals surface area contributed by atoms with Gasteiger partial charge in [0, 0.05) is 12.8 Å². The number of ketones is 1. The van der Waals surface area contributed by atoms with Gasteiger partial charge in [-0.15, -0.1) is 0 Å². The van der Waals surface area contributed by atoms with Crippen LogP contribution < -0.4 is 0 Å². The van der Waals surface area contributed by atoms with Gasteiger partial charge in [0.1, 0.15) is 0 Å². The highest BCUT2D eigenvalue weighted by Crippen LogP contribution is 2.21. The molecule has 0 amide bonds. The van der Waals surface area contributed by atoms with Crippen LogP contribution >= 0.6 is 0 Å². The Morgan fingerprint density at radius 2 is 2.28 bits per heavy atom. The number of rotatable bonds is 3. The van der Waals surface area contributed by atoms with Crippen molar-refractivity contribution in [2.45, 2.75) is 38.1 Å². The van der Waals surface area contributed by atoms with Crippen molar-refractivity contribution in [1.29, 1.82) is 0 Å². The maximum atomic E-state index is 12.2. The lowest BCUT2D eigenvalue weighted by molar-refractivity contribution is -0.0885. The molecule has 2 heterocycles. The highest BCUT2D eigenvalue weighted by molar-refractivity contribution is 5.99. The maximum absolute atomic E-state index is 12.2. The van der Waals surface area contributed by atoms with E-state index in [0.29, 0.717) is 13.2 Å². The smallest absolute Gasteiger partial charge is 0.376 e. The predicted molar refractivity (Wildman–Crippen MR) is 56.2 cm³/mol. The van der Waals surface area contributed by atoms with Crippen molar-refractivity contribution in [1.82, 2.24) is 9.78 Å². The number of alkyl halides is 3. The van der Waals surface area contributed by atoms with Crippen LogP contribution in [0.15, 0.2) is 12.4 Å². The Labute approximate surface area is 102 Å². The molecule has 1 aliphatic heterocycles. The molecule has 0 radical (unpaired) electrons. The molecule has 2 rings (SSSR count). The first kappa shape index (κ1) is 13.1. The molecule has 0 N–H and O–H groups in total. The average Bonchev–Trinajstić information content (AvgIpc) is 2.76. The Bertz CT molecular complexity index is 422.